The largest absolute Gasteiger partial charge is 0.398 e. The maximum atomic E-state index is 10.5. The molecule has 2 rings (SSSR count). The van der Waals surface area contributed by atoms with E-state index >= 15 is 0 Å². The van der Waals surface area contributed by atoms with Crippen LogP contribution in [0.15, 0.2) is 18.2 Å². The van der Waals surface area contributed by atoms with Crippen molar-refractivity contribution < 1.29 is 5.11 Å². The fourth-order valence-electron chi connectivity index (χ4n) is 2.70. The predicted octanol–water partition coefficient (Wildman–Crippen LogP) is 2.69. The number of hydrogen-bond acceptors (Lipinski definition) is 4. The fraction of sp³-hybridized carbons (Fsp3) is 0.562. The van der Waals surface area contributed by atoms with Crippen LogP contribution in [0.1, 0.15) is 38.2 Å². The second-order valence-electron chi connectivity index (χ2n) is 6.01. The van der Waals surface area contributed by atoms with Crippen molar-refractivity contribution in [2.75, 3.05) is 17.6 Å². The summed E-state index contributed by atoms with van der Waals surface area (Å²) < 4.78 is 0. The van der Waals surface area contributed by atoms with Crippen molar-refractivity contribution in [1.82, 2.24) is 0 Å². The van der Waals surface area contributed by atoms with Crippen molar-refractivity contribution in [2.45, 2.75) is 44.6 Å². The lowest BCUT2D eigenvalue weighted by Crippen LogP contribution is -2.40. The van der Waals surface area contributed by atoms with E-state index in [0.717, 1.165) is 36.9 Å². The van der Waals surface area contributed by atoms with Gasteiger partial charge in [0.05, 0.1) is 18.1 Å². The Bertz CT molecular complexity index is 499. The monoisotopic (exact) mass is 273 g/mol. The lowest BCUT2D eigenvalue weighted by molar-refractivity contribution is 0.00501. The van der Waals surface area contributed by atoms with Crippen LogP contribution in [0.2, 0.25) is 0 Å². The van der Waals surface area contributed by atoms with Gasteiger partial charge in [-0.1, -0.05) is 6.92 Å². The van der Waals surface area contributed by atoms with Crippen LogP contribution in [-0.2, 0) is 6.42 Å². The Hall–Kier alpha value is -1.73. The maximum Gasteiger partial charge on any atom is 0.0819 e. The third-order valence-electron chi connectivity index (χ3n) is 4.24. The molecule has 20 heavy (non-hydrogen) atoms. The summed E-state index contributed by atoms with van der Waals surface area (Å²) in [6.45, 7) is 2.79. The molecule has 0 atom stereocenters. The van der Waals surface area contributed by atoms with Crippen LogP contribution in [0.5, 0.6) is 0 Å². The van der Waals surface area contributed by atoms with Crippen LogP contribution >= 0.6 is 0 Å². The van der Waals surface area contributed by atoms with Gasteiger partial charge < -0.3 is 16.2 Å². The van der Waals surface area contributed by atoms with Gasteiger partial charge in [0.25, 0.3) is 0 Å². The highest BCUT2D eigenvalue weighted by Gasteiger charge is 2.31. The Morgan fingerprint density at radius 1 is 1.45 bits per heavy atom. The van der Waals surface area contributed by atoms with Crippen LogP contribution in [0.3, 0.4) is 0 Å². The van der Waals surface area contributed by atoms with E-state index in [0.29, 0.717) is 24.6 Å². The molecule has 1 aromatic rings. The summed E-state index contributed by atoms with van der Waals surface area (Å²) in [4.78, 5) is 0. The maximum absolute atomic E-state index is 10.5. The highest BCUT2D eigenvalue weighted by atomic mass is 16.3. The zero-order chi connectivity index (χ0) is 14.6. The highest BCUT2D eigenvalue weighted by Crippen LogP contribution is 2.32. The molecular weight excluding hydrogens is 250 g/mol. The molecule has 0 unspecified atom stereocenters. The van der Waals surface area contributed by atoms with Gasteiger partial charge in [-0.3, -0.25) is 0 Å². The first-order chi connectivity index (χ1) is 9.52. The summed E-state index contributed by atoms with van der Waals surface area (Å²) in [5, 5.41) is 22.6. The first-order valence-electron chi connectivity index (χ1n) is 7.24. The minimum atomic E-state index is -0.608. The number of nitrogens with two attached hydrogens (primary N) is 1. The minimum Gasteiger partial charge on any atom is -0.398 e. The molecule has 4 nitrogen and oxygen atoms in total. The van der Waals surface area contributed by atoms with Crippen LogP contribution in [0, 0.1) is 17.2 Å². The molecule has 1 saturated carbocycles. The number of nitrogens with zero attached hydrogens (tertiary/aromatic N) is 1. The third kappa shape index (κ3) is 3.64. The van der Waals surface area contributed by atoms with E-state index in [4.69, 9.17) is 11.0 Å². The molecule has 0 amide bonds. The van der Waals surface area contributed by atoms with E-state index in [-0.39, 0.29) is 0 Å². The second-order valence-corrected chi connectivity index (χ2v) is 6.01. The van der Waals surface area contributed by atoms with Gasteiger partial charge in [0.2, 0.25) is 0 Å². The Morgan fingerprint density at radius 2 is 2.15 bits per heavy atom. The number of nitrogens with one attached hydrogen (secondary N) is 1. The Kier molecular flexibility index (Phi) is 4.51. The van der Waals surface area contributed by atoms with E-state index in [9.17, 15) is 5.11 Å². The Labute approximate surface area is 120 Å². The summed E-state index contributed by atoms with van der Waals surface area (Å²) in [6, 6.07) is 7.71. The van der Waals surface area contributed by atoms with Crippen molar-refractivity contribution in [3.05, 3.63) is 23.8 Å². The van der Waals surface area contributed by atoms with Crippen LogP contribution in [0.4, 0.5) is 11.4 Å². The molecule has 1 aromatic carbocycles. The minimum absolute atomic E-state index is 0.309. The standard InChI is InChI=1S/C16H23N3O/c1-12-4-7-16(20,8-5-12)11-19-14-2-3-15(18)13(10-14)6-9-17/h2-3,10,12,19-20H,4-8,11,18H2,1H3. The van der Waals surface area contributed by atoms with Crippen molar-refractivity contribution in [3.8, 4) is 6.07 Å². The number of anilines is 2. The number of nitrogen functional groups attached to an aromatic ring is 1. The van der Waals surface area contributed by atoms with Gasteiger partial charge in [-0.2, -0.15) is 5.26 Å². The van der Waals surface area contributed by atoms with Gasteiger partial charge in [-0.15, -0.1) is 0 Å². The third-order valence-corrected chi connectivity index (χ3v) is 4.24. The number of nitriles is 1. The van der Waals surface area contributed by atoms with E-state index < -0.39 is 5.60 Å². The van der Waals surface area contributed by atoms with Crippen molar-refractivity contribution in [2.24, 2.45) is 5.92 Å². The molecule has 0 bridgehead atoms. The van der Waals surface area contributed by atoms with E-state index in [1.54, 1.807) is 0 Å². The predicted molar refractivity (Wildman–Crippen MR) is 81.2 cm³/mol. The molecule has 1 aliphatic carbocycles. The quantitative estimate of drug-likeness (QED) is 0.737. The Balaban J connectivity index is 1.97. The number of rotatable bonds is 4. The van der Waals surface area contributed by atoms with Crippen molar-refractivity contribution in [3.63, 3.8) is 0 Å². The molecule has 0 saturated heterocycles. The van der Waals surface area contributed by atoms with E-state index in [1.165, 1.54) is 0 Å². The van der Waals surface area contributed by atoms with Crippen LogP contribution < -0.4 is 11.1 Å². The van der Waals surface area contributed by atoms with Gasteiger partial charge in [-0.25, -0.2) is 0 Å². The lowest BCUT2D eigenvalue weighted by atomic mass is 9.79. The summed E-state index contributed by atoms with van der Waals surface area (Å²) in [5.41, 5.74) is 7.61. The van der Waals surface area contributed by atoms with E-state index in [1.807, 2.05) is 18.2 Å². The fourth-order valence-corrected chi connectivity index (χ4v) is 2.70. The second kappa shape index (κ2) is 6.15. The van der Waals surface area contributed by atoms with Gasteiger partial charge >= 0.3 is 0 Å². The molecular formula is C16H23N3O. The summed E-state index contributed by atoms with van der Waals surface area (Å²) in [6.07, 6.45) is 4.17. The number of benzene rings is 1. The normalized spacial score (nSPS) is 25.9. The smallest absolute Gasteiger partial charge is 0.0819 e. The lowest BCUT2D eigenvalue weighted by Gasteiger charge is -2.35. The molecule has 108 valence electrons. The molecule has 0 heterocycles. The molecule has 1 aliphatic rings. The molecule has 0 radical (unpaired) electrons. The molecule has 1 fully saturated rings. The SMILES string of the molecule is CC1CCC(O)(CNc2ccc(N)c(CC#N)c2)CC1. The molecule has 0 aliphatic heterocycles. The molecule has 4 heteroatoms. The highest BCUT2D eigenvalue weighted by molar-refractivity contribution is 5.58. The van der Waals surface area contributed by atoms with Crippen molar-refractivity contribution >= 4 is 11.4 Å². The zero-order valence-corrected chi connectivity index (χ0v) is 12.0. The van der Waals surface area contributed by atoms with E-state index in [2.05, 4.69) is 18.3 Å². The molecule has 0 aromatic heterocycles. The summed E-state index contributed by atoms with van der Waals surface area (Å²) in [7, 11) is 0. The molecule has 0 spiro atoms. The van der Waals surface area contributed by atoms with Crippen LogP contribution in [-0.4, -0.2) is 17.3 Å². The number of aliphatic hydroxyl groups is 1. The Morgan fingerprint density at radius 3 is 2.80 bits per heavy atom. The van der Waals surface area contributed by atoms with Gasteiger partial charge in [0.15, 0.2) is 0 Å². The van der Waals surface area contributed by atoms with Gasteiger partial charge in [-0.05, 0) is 55.4 Å². The first-order valence-corrected chi connectivity index (χ1v) is 7.24. The first kappa shape index (κ1) is 14.7. The topological polar surface area (TPSA) is 82.1 Å². The average Bonchev–Trinajstić information content (AvgIpc) is 2.44. The van der Waals surface area contributed by atoms with Gasteiger partial charge in [0.1, 0.15) is 0 Å². The van der Waals surface area contributed by atoms with Gasteiger partial charge in [0, 0.05) is 17.9 Å². The van der Waals surface area contributed by atoms with Crippen LogP contribution in [0.25, 0.3) is 0 Å². The molecule has 4 N–H and O–H groups in total. The number of hydrogen-bond donors (Lipinski definition) is 3. The average molecular weight is 273 g/mol. The summed E-state index contributed by atoms with van der Waals surface area (Å²) >= 11 is 0. The van der Waals surface area contributed by atoms with Crippen molar-refractivity contribution in [1.29, 1.82) is 5.26 Å². The summed E-state index contributed by atoms with van der Waals surface area (Å²) in [5.74, 6) is 0.717. The zero-order valence-electron chi connectivity index (χ0n) is 12.0.